The van der Waals surface area contributed by atoms with Crippen LogP contribution in [0.25, 0.3) is 0 Å². The topological polar surface area (TPSA) is 41.9 Å². The van der Waals surface area contributed by atoms with Crippen LogP contribution in [-0.2, 0) is 6.54 Å². The summed E-state index contributed by atoms with van der Waals surface area (Å²) >= 11 is 0. The molecular formula is C15H23NO3. The highest BCUT2D eigenvalue weighted by atomic mass is 16.7. The molecule has 1 heterocycles. The number of nitrogens with zero attached hydrogens (tertiary/aromatic N) is 1. The Labute approximate surface area is 114 Å². The summed E-state index contributed by atoms with van der Waals surface area (Å²) in [5.74, 6) is 1.66. The van der Waals surface area contributed by atoms with Crippen LogP contribution in [-0.4, -0.2) is 36.0 Å². The van der Waals surface area contributed by atoms with E-state index in [1.165, 1.54) is 11.1 Å². The largest absolute Gasteiger partial charge is 0.454 e. The van der Waals surface area contributed by atoms with Crippen molar-refractivity contribution in [2.24, 2.45) is 0 Å². The standard InChI is InChI=1S/C15H23NO3/c1-11-7-13-14(19-10-18-13)8-12(11)9-16(4)6-5-15(2,3)17/h7-8,17H,5-6,9-10H2,1-4H3. The molecule has 0 radical (unpaired) electrons. The summed E-state index contributed by atoms with van der Waals surface area (Å²) < 4.78 is 10.8. The van der Waals surface area contributed by atoms with Gasteiger partial charge in [0.15, 0.2) is 11.5 Å². The van der Waals surface area contributed by atoms with E-state index < -0.39 is 5.60 Å². The zero-order chi connectivity index (χ0) is 14.0. The number of hydrogen-bond acceptors (Lipinski definition) is 4. The molecule has 4 heteroatoms. The van der Waals surface area contributed by atoms with Crippen LogP contribution >= 0.6 is 0 Å². The molecule has 2 rings (SSSR count). The van der Waals surface area contributed by atoms with E-state index in [-0.39, 0.29) is 0 Å². The molecule has 0 unspecified atom stereocenters. The molecule has 1 aliphatic heterocycles. The highest BCUT2D eigenvalue weighted by Crippen LogP contribution is 2.34. The maximum absolute atomic E-state index is 9.75. The number of ether oxygens (including phenoxy) is 2. The Hall–Kier alpha value is -1.26. The summed E-state index contributed by atoms with van der Waals surface area (Å²) in [6, 6.07) is 4.08. The maximum Gasteiger partial charge on any atom is 0.231 e. The molecular weight excluding hydrogens is 242 g/mol. The molecule has 0 aromatic heterocycles. The first-order valence-corrected chi connectivity index (χ1v) is 6.65. The predicted molar refractivity (Wildman–Crippen MR) is 74.6 cm³/mol. The average molecular weight is 265 g/mol. The van der Waals surface area contributed by atoms with E-state index in [1.807, 2.05) is 19.9 Å². The number of benzene rings is 1. The SMILES string of the molecule is Cc1cc2c(cc1CN(C)CCC(C)(C)O)OCO2. The minimum Gasteiger partial charge on any atom is -0.454 e. The Balaban J connectivity index is 1.99. The Morgan fingerprint density at radius 2 is 1.89 bits per heavy atom. The first-order chi connectivity index (χ1) is 8.85. The predicted octanol–water partition coefficient (Wildman–Crippen LogP) is 2.32. The molecule has 0 spiro atoms. The molecule has 0 atom stereocenters. The zero-order valence-electron chi connectivity index (χ0n) is 12.2. The van der Waals surface area contributed by atoms with E-state index >= 15 is 0 Å². The van der Waals surface area contributed by atoms with Crippen LogP contribution in [0.3, 0.4) is 0 Å². The summed E-state index contributed by atoms with van der Waals surface area (Å²) in [5, 5.41) is 9.75. The van der Waals surface area contributed by atoms with Gasteiger partial charge in [0, 0.05) is 13.1 Å². The summed E-state index contributed by atoms with van der Waals surface area (Å²) in [6.07, 6.45) is 0.757. The first-order valence-electron chi connectivity index (χ1n) is 6.65. The Bertz CT molecular complexity index is 451. The van der Waals surface area contributed by atoms with Crippen LogP contribution in [0.1, 0.15) is 31.4 Å². The molecule has 0 fully saturated rings. The van der Waals surface area contributed by atoms with Crippen LogP contribution < -0.4 is 9.47 Å². The van der Waals surface area contributed by atoms with E-state index in [4.69, 9.17) is 9.47 Å². The lowest BCUT2D eigenvalue weighted by Crippen LogP contribution is -2.28. The fourth-order valence-electron chi connectivity index (χ4n) is 2.09. The number of hydrogen-bond donors (Lipinski definition) is 1. The van der Waals surface area contributed by atoms with Crippen molar-refractivity contribution >= 4 is 0 Å². The molecule has 0 bridgehead atoms. The van der Waals surface area contributed by atoms with Crippen molar-refractivity contribution in [1.29, 1.82) is 0 Å². The van der Waals surface area contributed by atoms with Gasteiger partial charge in [0.25, 0.3) is 0 Å². The van der Waals surface area contributed by atoms with Gasteiger partial charge in [0.2, 0.25) is 6.79 Å². The smallest absolute Gasteiger partial charge is 0.231 e. The minimum absolute atomic E-state index is 0.312. The molecule has 0 saturated heterocycles. The first kappa shape index (κ1) is 14.2. The molecule has 0 amide bonds. The lowest BCUT2D eigenvalue weighted by molar-refractivity contribution is 0.0599. The summed E-state index contributed by atoms with van der Waals surface area (Å²) in [6.45, 7) is 7.78. The van der Waals surface area contributed by atoms with Crippen molar-refractivity contribution in [1.82, 2.24) is 4.90 Å². The lowest BCUT2D eigenvalue weighted by Gasteiger charge is -2.23. The summed E-state index contributed by atoms with van der Waals surface area (Å²) in [4.78, 5) is 2.21. The Morgan fingerprint density at radius 3 is 2.53 bits per heavy atom. The average Bonchev–Trinajstić information content (AvgIpc) is 2.73. The van der Waals surface area contributed by atoms with Gasteiger partial charge in [-0.05, 0) is 57.5 Å². The molecule has 4 nitrogen and oxygen atoms in total. The van der Waals surface area contributed by atoms with Crippen LogP contribution in [0, 0.1) is 6.92 Å². The van der Waals surface area contributed by atoms with Gasteiger partial charge in [-0.3, -0.25) is 0 Å². The number of fused-ring (bicyclic) bond motifs is 1. The van der Waals surface area contributed by atoms with Crippen LogP contribution in [0.5, 0.6) is 11.5 Å². The van der Waals surface area contributed by atoms with Gasteiger partial charge < -0.3 is 19.5 Å². The second-order valence-electron chi connectivity index (χ2n) is 5.93. The molecule has 19 heavy (non-hydrogen) atoms. The van der Waals surface area contributed by atoms with E-state index in [9.17, 15) is 5.11 Å². The Kier molecular flexibility index (Phi) is 4.02. The second kappa shape index (κ2) is 5.39. The van der Waals surface area contributed by atoms with Crippen LogP contribution in [0.4, 0.5) is 0 Å². The highest BCUT2D eigenvalue weighted by molar-refractivity contribution is 5.48. The van der Waals surface area contributed by atoms with Crippen molar-refractivity contribution in [2.75, 3.05) is 20.4 Å². The van der Waals surface area contributed by atoms with Crippen molar-refractivity contribution in [3.63, 3.8) is 0 Å². The maximum atomic E-state index is 9.75. The fourth-order valence-corrected chi connectivity index (χ4v) is 2.09. The lowest BCUT2D eigenvalue weighted by atomic mass is 10.0. The summed E-state index contributed by atoms with van der Waals surface area (Å²) in [5.41, 5.74) is 1.83. The van der Waals surface area contributed by atoms with E-state index in [0.717, 1.165) is 31.0 Å². The van der Waals surface area contributed by atoms with Gasteiger partial charge in [0.05, 0.1) is 5.60 Å². The van der Waals surface area contributed by atoms with Gasteiger partial charge in [0.1, 0.15) is 0 Å². The fraction of sp³-hybridized carbons (Fsp3) is 0.600. The van der Waals surface area contributed by atoms with Crippen molar-refractivity contribution in [2.45, 2.75) is 39.3 Å². The number of aliphatic hydroxyl groups is 1. The second-order valence-corrected chi connectivity index (χ2v) is 5.93. The van der Waals surface area contributed by atoms with Gasteiger partial charge in [-0.25, -0.2) is 0 Å². The third kappa shape index (κ3) is 3.85. The quantitative estimate of drug-likeness (QED) is 0.887. The molecule has 1 N–H and O–H groups in total. The van der Waals surface area contributed by atoms with E-state index in [2.05, 4.69) is 24.9 Å². The highest BCUT2D eigenvalue weighted by Gasteiger charge is 2.17. The Morgan fingerprint density at radius 1 is 1.26 bits per heavy atom. The monoisotopic (exact) mass is 265 g/mol. The van der Waals surface area contributed by atoms with Gasteiger partial charge in [-0.2, -0.15) is 0 Å². The van der Waals surface area contributed by atoms with E-state index in [0.29, 0.717) is 6.79 Å². The van der Waals surface area contributed by atoms with Crippen LogP contribution in [0.2, 0.25) is 0 Å². The third-order valence-electron chi connectivity index (χ3n) is 3.38. The van der Waals surface area contributed by atoms with Crippen LogP contribution in [0.15, 0.2) is 12.1 Å². The minimum atomic E-state index is -0.613. The molecule has 1 aliphatic rings. The van der Waals surface area contributed by atoms with E-state index in [1.54, 1.807) is 0 Å². The third-order valence-corrected chi connectivity index (χ3v) is 3.38. The summed E-state index contributed by atoms with van der Waals surface area (Å²) in [7, 11) is 2.07. The zero-order valence-corrected chi connectivity index (χ0v) is 12.2. The van der Waals surface area contributed by atoms with Crippen molar-refractivity contribution in [3.8, 4) is 11.5 Å². The molecule has 1 aromatic carbocycles. The van der Waals surface area contributed by atoms with Crippen molar-refractivity contribution in [3.05, 3.63) is 23.3 Å². The van der Waals surface area contributed by atoms with Gasteiger partial charge >= 0.3 is 0 Å². The molecule has 1 aromatic rings. The van der Waals surface area contributed by atoms with Crippen molar-refractivity contribution < 1.29 is 14.6 Å². The molecule has 0 saturated carbocycles. The number of rotatable bonds is 5. The number of aryl methyl sites for hydroxylation is 1. The molecule has 0 aliphatic carbocycles. The molecule has 106 valence electrons. The van der Waals surface area contributed by atoms with Gasteiger partial charge in [-0.15, -0.1) is 0 Å². The van der Waals surface area contributed by atoms with Gasteiger partial charge in [-0.1, -0.05) is 0 Å². The normalized spacial score (nSPS) is 14.2.